The van der Waals surface area contributed by atoms with Crippen LogP contribution in [0.5, 0.6) is 5.75 Å². The molecule has 0 unspecified atom stereocenters. The lowest BCUT2D eigenvalue weighted by atomic mass is 10.1. The van der Waals surface area contributed by atoms with Gasteiger partial charge >= 0.3 is 0 Å². The van der Waals surface area contributed by atoms with E-state index in [0.717, 1.165) is 25.2 Å². The van der Waals surface area contributed by atoms with E-state index in [-0.39, 0.29) is 38.1 Å². The summed E-state index contributed by atoms with van der Waals surface area (Å²) in [7, 11) is 1.55. The summed E-state index contributed by atoms with van der Waals surface area (Å²) < 4.78 is 5.82. The van der Waals surface area contributed by atoms with E-state index in [1.54, 1.807) is 31.3 Å². The minimum Gasteiger partial charge on any atom is -0.491 e. The molecule has 4 N–H and O–H groups in total. The Bertz CT molecular complexity index is 1260. The third kappa shape index (κ3) is 9.26. The van der Waals surface area contributed by atoms with Gasteiger partial charge in [-0.3, -0.25) is 24.1 Å². The van der Waals surface area contributed by atoms with Crippen molar-refractivity contribution in [3.05, 3.63) is 65.2 Å². The Morgan fingerprint density at radius 2 is 1.70 bits per heavy atom. The standard InChI is InChI=1S/C32H43N5O6/c1-22(38)29-32(42)36(2)18-19-43-27-9-5-4-8-25(27)30(40)34-26(14-15-28(39)35-29)31(41)33-20-23-10-12-24(13-11-23)21-37-16-6-3-7-17-37/h4-5,8-13,22,26,29,38H,3,6-7,14-21H2,1-2H3,(H,33,41)(H,34,40)(H,35,39)/t22-,26+,29+/m1/s1. The van der Waals surface area contributed by atoms with Crippen LogP contribution in [-0.4, -0.2) is 90.0 Å². The number of aliphatic hydroxyl groups is 1. The smallest absolute Gasteiger partial charge is 0.255 e. The van der Waals surface area contributed by atoms with Crippen LogP contribution in [0.3, 0.4) is 0 Å². The fourth-order valence-electron chi connectivity index (χ4n) is 5.29. The van der Waals surface area contributed by atoms with Gasteiger partial charge in [0.25, 0.3) is 5.91 Å². The molecule has 4 rings (SSSR count). The fourth-order valence-corrected chi connectivity index (χ4v) is 5.29. The maximum Gasteiger partial charge on any atom is 0.255 e. The van der Waals surface area contributed by atoms with Crippen LogP contribution in [0.2, 0.25) is 0 Å². The van der Waals surface area contributed by atoms with Crippen LogP contribution in [0.1, 0.15) is 60.5 Å². The Morgan fingerprint density at radius 3 is 2.42 bits per heavy atom. The molecule has 43 heavy (non-hydrogen) atoms. The predicted octanol–water partition coefficient (Wildman–Crippen LogP) is 1.58. The van der Waals surface area contributed by atoms with Crippen LogP contribution in [0.4, 0.5) is 0 Å². The van der Waals surface area contributed by atoms with Gasteiger partial charge in [-0.05, 0) is 62.5 Å². The maximum absolute atomic E-state index is 13.3. The van der Waals surface area contributed by atoms with Crippen molar-refractivity contribution in [1.29, 1.82) is 0 Å². The average Bonchev–Trinajstić information content (AvgIpc) is 3.01. The summed E-state index contributed by atoms with van der Waals surface area (Å²) in [5.74, 6) is -1.64. The third-order valence-electron chi connectivity index (χ3n) is 7.88. The third-order valence-corrected chi connectivity index (χ3v) is 7.88. The molecule has 11 nitrogen and oxygen atoms in total. The number of rotatable bonds is 6. The van der Waals surface area contributed by atoms with Crippen LogP contribution >= 0.6 is 0 Å². The van der Waals surface area contributed by atoms with Crippen LogP contribution in [0, 0.1) is 0 Å². The molecule has 11 heteroatoms. The van der Waals surface area contributed by atoms with E-state index in [4.69, 9.17) is 4.74 Å². The van der Waals surface area contributed by atoms with Gasteiger partial charge in [-0.15, -0.1) is 0 Å². The van der Waals surface area contributed by atoms with E-state index in [0.29, 0.717) is 5.75 Å². The van der Waals surface area contributed by atoms with Crippen molar-refractivity contribution in [2.24, 2.45) is 0 Å². The van der Waals surface area contributed by atoms with Gasteiger partial charge in [0.2, 0.25) is 17.7 Å². The summed E-state index contributed by atoms with van der Waals surface area (Å²) in [6.07, 6.45) is 2.46. The van der Waals surface area contributed by atoms with Gasteiger partial charge in [-0.25, -0.2) is 0 Å². The number of likely N-dealkylation sites (N-methyl/N-ethyl adjacent to an activating group) is 1. The molecule has 2 aromatic rings. The summed E-state index contributed by atoms with van der Waals surface area (Å²) in [6, 6.07) is 12.6. The van der Waals surface area contributed by atoms with Crippen molar-refractivity contribution in [2.45, 2.75) is 70.3 Å². The lowest BCUT2D eigenvalue weighted by Gasteiger charge is -2.26. The Labute approximate surface area is 252 Å². The van der Waals surface area contributed by atoms with Gasteiger partial charge in [-0.1, -0.05) is 42.8 Å². The summed E-state index contributed by atoms with van der Waals surface area (Å²) in [6.45, 7) is 5.07. The molecule has 4 amide bonds. The Morgan fingerprint density at radius 1 is 1.00 bits per heavy atom. The van der Waals surface area contributed by atoms with Gasteiger partial charge in [0.15, 0.2) is 0 Å². The first-order valence-corrected chi connectivity index (χ1v) is 15.0. The molecule has 232 valence electrons. The first kappa shape index (κ1) is 32.0. The molecule has 0 saturated carbocycles. The summed E-state index contributed by atoms with van der Waals surface area (Å²) in [4.78, 5) is 56.2. The van der Waals surface area contributed by atoms with Gasteiger partial charge in [0.05, 0.1) is 18.2 Å². The minimum atomic E-state index is -1.16. The van der Waals surface area contributed by atoms with E-state index in [2.05, 4.69) is 33.0 Å². The van der Waals surface area contributed by atoms with Crippen LogP contribution in [0.15, 0.2) is 48.5 Å². The molecule has 2 aliphatic rings. The highest BCUT2D eigenvalue weighted by Crippen LogP contribution is 2.19. The van der Waals surface area contributed by atoms with E-state index in [1.165, 1.54) is 36.6 Å². The highest BCUT2D eigenvalue weighted by Gasteiger charge is 2.30. The normalized spacial score (nSPS) is 21.7. The first-order valence-electron chi connectivity index (χ1n) is 15.0. The molecule has 2 aliphatic heterocycles. The number of nitrogens with zero attached hydrogens (tertiary/aromatic N) is 2. The van der Waals surface area contributed by atoms with E-state index < -0.39 is 41.8 Å². The number of aliphatic hydroxyl groups excluding tert-OH is 1. The van der Waals surface area contributed by atoms with Crippen LogP contribution < -0.4 is 20.7 Å². The van der Waals surface area contributed by atoms with Crippen molar-refractivity contribution in [1.82, 2.24) is 25.8 Å². The number of para-hydroxylation sites is 1. The molecule has 2 heterocycles. The van der Waals surface area contributed by atoms with E-state index in [9.17, 15) is 24.3 Å². The number of carbonyl (C=O) groups excluding carboxylic acids is 4. The van der Waals surface area contributed by atoms with Crippen molar-refractivity contribution in [3.8, 4) is 5.75 Å². The molecule has 0 bridgehead atoms. The quantitative estimate of drug-likeness (QED) is 0.399. The number of benzene rings is 2. The Hall–Kier alpha value is -3.96. The number of fused-ring (bicyclic) bond motifs is 1. The topological polar surface area (TPSA) is 140 Å². The number of hydrogen-bond acceptors (Lipinski definition) is 7. The molecule has 0 radical (unpaired) electrons. The van der Waals surface area contributed by atoms with Crippen molar-refractivity contribution >= 4 is 23.6 Å². The zero-order valence-electron chi connectivity index (χ0n) is 25.0. The number of hydrogen-bond donors (Lipinski definition) is 4. The number of amides is 4. The van der Waals surface area contributed by atoms with Crippen molar-refractivity contribution in [3.63, 3.8) is 0 Å². The Kier molecular flexibility index (Phi) is 11.5. The maximum atomic E-state index is 13.3. The molecule has 0 spiro atoms. The number of nitrogens with one attached hydrogen (secondary N) is 3. The Balaban J connectivity index is 1.45. The number of carbonyl (C=O) groups is 4. The molecule has 1 saturated heterocycles. The molecular weight excluding hydrogens is 550 g/mol. The summed E-state index contributed by atoms with van der Waals surface area (Å²) in [5, 5.41) is 18.4. The van der Waals surface area contributed by atoms with Gasteiger partial charge in [0.1, 0.15) is 24.4 Å². The second kappa shape index (κ2) is 15.5. The lowest BCUT2D eigenvalue weighted by molar-refractivity contribution is -0.138. The molecule has 3 atom stereocenters. The molecule has 2 aromatic carbocycles. The van der Waals surface area contributed by atoms with Crippen molar-refractivity contribution in [2.75, 3.05) is 33.3 Å². The molecule has 0 aliphatic carbocycles. The minimum absolute atomic E-state index is 0.0161. The zero-order chi connectivity index (χ0) is 30.8. The SMILES string of the molecule is C[C@@H](O)[C@@H]1NC(=O)CC[C@@H](C(=O)NCc2ccc(CN3CCCCC3)cc2)NC(=O)c2ccccc2OCCN(C)C1=O. The second-order valence-corrected chi connectivity index (χ2v) is 11.3. The highest BCUT2D eigenvalue weighted by molar-refractivity contribution is 5.99. The predicted molar refractivity (Wildman–Crippen MR) is 161 cm³/mol. The number of piperidine rings is 1. The van der Waals surface area contributed by atoms with Crippen LogP contribution in [-0.2, 0) is 27.5 Å². The largest absolute Gasteiger partial charge is 0.491 e. The van der Waals surface area contributed by atoms with Gasteiger partial charge in [0, 0.05) is 26.6 Å². The second-order valence-electron chi connectivity index (χ2n) is 11.3. The fraction of sp³-hybridized carbons (Fsp3) is 0.500. The molecular formula is C32H43N5O6. The summed E-state index contributed by atoms with van der Waals surface area (Å²) >= 11 is 0. The van der Waals surface area contributed by atoms with E-state index >= 15 is 0 Å². The highest BCUT2D eigenvalue weighted by atomic mass is 16.5. The summed E-state index contributed by atoms with van der Waals surface area (Å²) in [5.41, 5.74) is 2.37. The monoisotopic (exact) mass is 593 g/mol. The number of likely N-dealkylation sites (tertiary alicyclic amines) is 1. The van der Waals surface area contributed by atoms with Crippen molar-refractivity contribution < 1.29 is 29.0 Å². The van der Waals surface area contributed by atoms with Gasteiger partial charge < -0.3 is 30.7 Å². The molecule has 1 fully saturated rings. The van der Waals surface area contributed by atoms with Crippen LogP contribution in [0.25, 0.3) is 0 Å². The van der Waals surface area contributed by atoms with E-state index in [1.807, 2.05) is 12.1 Å². The number of ether oxygens (including phenoxy) is 1. The first-order chi connectivity index (χ1) is 20.7. The zero-order valence-corrected chi connectivity index (χ0v) is 25.0. The average molecular weight is 594 g/mol. The van der Waals surface area contributed by atoms with Gasteiger partial charge in [-0.2, -0.15) is 0 Å². The lowest BCUT2D eigenvalue weighted by Crippen LogP contribution is -2.53. The molecule has 0 aromatic heterocycles.